The summed E-state index contributed by atoms with van der Waals surface area (Å²) in [6, 6.07) is 16.1. The van der Waals surface area contributed by atoms with Gasteiger partial charge in [0.1, 0.15) is 5.75 Å². The summed E-state index contributed by atoms with van der Waals surface area (Å²) >= 11 is 6.53. The molecule has 1 aromatic heterocycles. The highest BCUT2D eigenvalue weighted by Gasteiger charge is 2.11. The van der Waals surface area contributed by atoms with Crippen molar-refractivity contribution in [2.24, 2.45) is 0 Å². The highest BCUT2D eigenvalue weighted by atomic mass is 35.5. The lowest BCUT2D eigenvalue weighted by Gasteiger charge is -2.14. The third-order valence-corrected chi connectivity index (χ3v) is 5.39. The zero-order valence-electron chi connectivity index (χ0n) is 18.2. The summed E-state index contributed by atoms with van der Waals surface area (Å²) in [7, 11) is 0. The Balaban J connectivity index is 1.90. The molecule has 0 atom stereocenters. The van der Waals surface area contributed by atoms with E-state index in [-0.39, 0.29) is 11.1 Å². The van der Waals surface area contributed by atoms with Crippen LogP contribution in [0.4, 0.5) is 0 Å². The SMILES string of the molecule is CCCOc1ccccc1/C=C/c1c(Cl)cc(C)c(=O)n1CCc1ccc(C(=O)O)cc1. The Morgan fingerprint density at radius 3 is 2.53 bits per heavy atom. The van der Waals surface area contributed by atoms with Crippen molar-refractivity contribution in [2.75, 3.05) is 6.61 Å². The average molecular weight is 452 g/mol. The minimum atomic E-state index is -0.964. The highest BCUT2D eigenvalue weighted by Crippen LogP contribution is 2.23. The smallest absolute Gasteiger partial charge is 0.335 e. The molecule has 5 nitrogen and oxygen atoms in total. The summed E-state index contributed by atoms with van der Waals surface area (Å²) in [6.45, 7) is 4.84. The number of aromatic carboxylic acids is 1. The molecule has 0 fully saturated rings. The largest absolute Gasteiger partial charge is 0.493 e. The normalized spacial score (nSPS) is 11.1. The topological polar surface area (TPSA) is 68.5 Å². The molecule has 0 unspecified atom stereocenters. The van der Waals surface area contributed by atoms with Gasteiger partial charge in [-0.3, -0.25) is 4.79 Å². The molecule has 1 N–H and O–H groups in total. The number of pyridine rings is 1. The zero-order valence-corrected chi connectivity index (χ0v) is 18.9. The van der Waals surface area contributed by atoms with E-state index < -0.39 is 5.97 Å². The van der Waals surface area contributed by atoms with Gasteiger partial charge in [0.25, 0.3) is 5.56 Å². The van der Waals surface area contributed by atoms with E-state index in [0.29, 0.717) is 35.9 Å². The molecule has 0 saturated carbocycles. The quantitative estimate of drug-likeness (QED) is 0.452. The fraction of sp³-hybridized carbons (Fsp3) is 0.231. The number of carboxylic acids is 1. The first kappa shape index (κ1) is 23.4. The van der Waals surface area contributed by atoms with Crippen LogP contribution in [-0.2, 0) is 13.0 Å². The number of para-hydroxylation sites is 1. The van der Waals surface area contributed by atoms with Crippen LogP contribution in [0.1, 0.15) is 46.1 Å². The first-order chi connectivity index (χ1) is 15.4. The molecule has 1 heterocycles. The maximum atomic E-state index is 12.9. The molecule has 166 valence electrons. The van der Waals surface area contributed by atoms with Crippen LogP contribution in [0, 0.1) is 6.92 Å². The van der Waals surface area contributed by atoms with Gasteiger partial charge < -0.3 is 14.4 Å². The standard InChI is InChI=1S/C26H26ClNO4/c1-3-16-32-24-7-5-4-6-20(24)12-13-23-22(27)17-18(2)25(29)28(23)15-14-19-8-10-21(11-9-19)26(30)31/h4-13,17H,3,14-16H2,1-2H3,(H,30,31)/b13-12+. The summed E-state index contributed by atoms with van der Waals surface area (Å²) < 4.78 is 7.48. The number of carboxylic acid groups (broad SMARTS) is 1. The number of aryl methyl sites for hydroxylation is 2. The van der Waals surface area contributed by atoms with Gasteiger partial charge in [-0.05, 0) is 61.7 Å². The zero-order chi connectivity index (χ0) is 23.1. The Morgan fingerprint density at radius 2 is 1.84 bits per heavy atom. The van der Waals surface area contributed by atoms with Crippen molar-refractivity contribution in [3.8, 4) is 5.75 Å². The Kier molecular flexibility index (Phi) is 7.90. The molecule has 0 spiro atoms. The van der Waals surface area contributed by atoms with E-state index in [1.165, 1.54) is 0 Å². The van der Waals surface area contributed by atoms with E-state index in [4.69, 9.17) is 21.4 Å². The molecule has 2 aromatic carbocycles. The van der Waals surface area contributed by atoms with Gasteiger partial charge in [0.15, 0.2) is 0 Å². The van der Waals surface area contributed by atoms with Crippen LogP contribution in [0.25, 0.3) is 12.2 Å². The van der Waals surface area contributed by atoms with E-state index in [1.54, 1.807) is 41.8 Å². The number of carbonyl (C=O) groups is 1. The summed E-state index contributed by atoms with van der Waals surface area (Å²) in [5.74, 6) is -0.185. The van der Waals surface area contributed by atoms with Crippen molar-refractivity contribution < 1.29 is 14.6 Å². The molecule has 0 radical (unpaired) electrons. The molecule has 3 rings (SSSR count). The Labute approximate surface area is 192 Å². The second kappa shape index (κ2) is 10.8. The summed E-state index contributed by atoms with van der Waals surface area (Å²) in [6.07, 6.45) is 5.22. The van der Waals surface area contributed by atoms with E-state index >= 15 is 0 Å². The van der Waals surface area contributed by atoms with Crippen molar-refractivity contribution in [1.82, 2.24) is 4.57 Å². The molecule has 0 amide bonds. The fourth-order valence-electron chi connectivity index (χ4n) is 3.35. The second-order valence-electron chi connectivity index (χ2n) is 7.49. The Morgan fingerprint density at radius 1 is 1.12 bits per heavy atom. The Hall–Kier alpha value is -3.31. The first-order valence-electron chi connectivity index (χ1n) is 10.5. The molecule has 6 heteroatoms. The summed E-state index contributed by atoms with van der Waals surface area (Å²) in [5.41, 5.74) is 3.16. The third-order valence-electron chi connectivity index (χ3n) is 5.09. The number of hydrogen-bond donors (Lipinski definition) is 1. The lowest BCUT2D eigenvalue weighted by atomic mass is 10.1. The molecule has 32 heavy (non-hydrogen) atoms. The highest BCUT2D eigenvalue weighted by molar-refractivity contribution is 6.32. The number of rotatable bonds is 9. The van der Waals surface area contributed by atoms with Gasteiger partial charge in [0.05, 0.1) is 22.9 Å². The summed E-state index contributed by atoms with van der Waals surface area (Å²) in [5, 5.41) is 9.55. The fourth-order valence-corrected chi connectivity index (χ4v) is 3.68. The van der Waals surface area contributed by atoms with Crippen molar-refractivity contribution in [1.29, 1.82) is 0 Å². The number of hydrogen-bond acceptors (Lipinski definition) is 3. The molecule has 0 saturated heterocycles. The summed E-state index contributed by atoms with van der Waals surface area (Å²) in [4.78, 5) is 23.9. The van der Waals surface area contributed by atoms with Gasteiger partial charge >= 0.3 is 5.97 Å². The predicted molar refractivity (Wildman–Crippen MR) is 129 cm³/mol. The number of halogens is 1. The van der Waals surface area contributed by atoms with E-state index in [2.05, 4.69) is 6.92 Å². The van der Waals surface area contributed by atoms with Crippen LogP contribution in [0.3, 0.4) is 0 Å². The van der Waals surface area contributed by atoms with Crippen molar-refractivity contribution in [2.45, 2.75) is 33.2 Å². The first-order valence-corrected chi connectivity index (χ1v) is 10.9. The number of aromatic nitrogens is 1. The van der Waals surface area contributed by atoms with Crippen LogP contribution in [-0.4, -0.2) is 22.2 Å². The lowest BCUT2D eigenvalue weighted by molar-refractivity contribution is 0.0697. The molecular formula is C26H26ClNO4. The molecule has 0 aliphatic heterocycles. The maximum absolute atomic E-state index is 12.9. The van der Waals surface area contributed by atoms with E-state index in [0.717, 1.165) is 23.3 Å². The van der Waals surface area contributed by atoms with Crippen molar-refractivity contribution in [3.05, 3.63) is 97.9 Å². The van der Waals surface area contributed by atoms with Crippen molar-refractivity contribution in [3.63, 3.8) is 0 Å². The Bertz CT molecular complexity index is 1180. The molecule has 0 bridgehead atoms. The van der Waals surface area contributed by atoms with Crippen LogP contribution < -0.4 is 10.3 Å². The van der Waals surface area contributed by atoms with Gasteiger partial charge in [-0.2, -0.15) is 0 Å². The van der Waals surface area contributed by atoms with Crippen LogP contribution in [0.5, 0.6) is 5.75 Å². The molecule has 3 aromatic rings. The van der Waals surface area contributed by atoms with E-state index in [9.17, 15) is 9.59 Å². The monoisotopic (exact) mass is 451 g/mol. The number of nitrogens with zero attached hydrogens (tertiary/aromatic N) is 1. The second-order valence-corrected chi connectivity index (χ2v) is 7.90. The van der Waals surface area contributed by atoms with Crippen LogP contribution in [0.2, 0.25) is 5.02 Å². The van der Waals surface area contributed by atoms with Crippen LogP contribution >= 0.6 is 11.6 Å². The predicted octanol–water partition coefficient (Wildman–Crippen LogP) is 5.71. The van der Waals surface area contributed by atoms with Gasteiger partial charge in [-0.15, -0.1) is 0 Å². The van der Waals surface area contributed by atoms with Crippen LogP contribution in [0.15, 0.2) is 59.4 Å². The molecule has 0 aliphatic rings. The number of ether oxygens (including phenoxy) is 1. The van der Waals surface area contributed by atoms with E-state index in [1.807, 2.05) is 36.4 Å². The maximum Gasteiger partial charge on any atom is 0.335 e. The van der Waals surface area contributed by atoms with Gasteiger partial charge in [0, 0.05) is 17.7 Å². The third kappa shape index (κ3) is 5.68. The molecular weight excluding hydrogens is 426 g/mol. The minimum Gasteiger partial charge on any atom is -0.493 e. The van der Waals surface area contributed by atoms with Gasteiger partial charge in [-0.1, -0.05) is 48.9 Å². The van der Waals surface area contributed by atoms with Gasteiger partial charge in [0.2, 0.25) is 0 Å². The molecule has 0 aliphatic carbocycles. The minimum absolute atomic E-state index is 0.105. The average Bonchev–Trinajstić information content (AvgIpc) is 2.79. The van der Waals surface area contributed by atoms with Crippen molar-refractivity contribution >= 4 is 29.7 Å². The lowest BCUT2D eigenvalue weighted by Crippen LogP contribution is -2.25. The van der Waals surface area contributed by atoms with Gasteiger partial charge in [-0.25, -0.2) is 4.79 Å². The number of benzene rings is 2.